The molecule has 0 bridgehead atoms. The van der Waals surface area contributed by atoms with E-state index in [9.17, 15) is 4.79 Å². The van der Waals surface area contributed by atoms with Crippen molar-refractivity contribution in [2.24, 2.45) is 0 Å². The average molecular weight is 178 g/mol. The van der Waals surface area contributed by atoms with Gasteiger partial charge in [-0.25, -0.2) is 5.48 Å². The Morgan fingerprint density at radius 3 is 2.92 bits per heavy atom. The van der Waals surface area contributed by atoms with Crippen molar-refractivity contribution in [3.8, 4) is 0 Å². The topological polar surface area (TPSA) is 62.2 Å². The van der Waals surface area contributed by atoms with Crippen molar-refractivity contribution in [3.05, 3.63) is 36.2 Å². The third-order valence-electron chi connectivity index (χ3n) is 1.56. The van der Waals surface area contributed by atoms with Gasteiger partial charge in [-0.15, -0.1) is 0 Å². The molecule has 2 N–H and O–H groups in total. The molecule has 4 heteroatoms. The maximum absolute atomic E-state index is 11.0. The Morgan fingerprint density at radius 1 is 1.69 bits per heavy atom. The van der Waals surface area contributed by atoms with Crippen molar-refractivity contribution in [1.82, 2.24) is 10.5 Å². The summed E-state index contributed by atoms with van der Waals surface area (Å²) in [5.41, 5.74) is 3.32. The Kier molecular flexibility index (Phi) is 2.76. The number of carbonyl (C=O) groups excluding carboxylic acids is 1. The molecule has 0 aliphatic rings. The molecule has 0 atom stereocenters. The number of pyridine rings is 1. The van der Waals surface area contributed by atoms with E-state index in [1.807, 2.05) is 0 Å². The van der Waals surface area contributed by atoms with E-state index in [0.717, 1.165) is 5.57 Å². The van der Waals surface area contributed by atoms with Crippen molar-refractivity contribution in [2.45, 2.75) is 6.92 Å². The van der Waals surface area contributed by atoms with E-state index in [4.69, 9.17) is 5.21 Å². The minimum Gasteiger partial charge on any atom is -0.288 e. The van der Waals surface area contributed by atoms with Crippen molar-refractivity contribution in [3.63, 3.8) is 0 Å². The molecule has 0 aromatic carbocycles. The van der Waals surface area contributed by atoms with Crippen LogP contribution in [0.25, 0.3) is 5.57 Å². The highest BCUT2D eigenvalue weighted by molar-refractivity contribution is 5.93. The van der Waals surface area contributed by atoms with Gasteiger partial charge in [-0.1, -0.05) is 6.58 Å². The first kappa shape index (κ1) is 9.41. The third kappa shape index (κ3) is 2.13. The number of hydrogen-bond acceptors (Lipinski definition) is 3. The van der Waals surface area contributed by atoms with E-state index in [2.05, 4.69) is 11.6 Å². The van der Waals surface area contributed by atoms with Gasteiger partial charge in [0, 0.05) is 11.8 Å². The molecule has 68 valence electrons. The summed E-state index contributed by atoms with van der Waals surface area (Å²) in [6.45, 7) is 5.49. The predicted octanol–water partition coefficient (Wildman–Crippen LogP) is 1.23. The van der Waals surface area contributed by atoms with Gasteiger partial charge in [-0.2, -0.15) is 0 Å². The highest BCUT2D eigenvalue weighted by Crippen LogP contribution is 2.09. The molecule has 0 unspecified atom stereocenters. The summed E-state index contributed by atoms with van der Waals surface area (Å²) in [6.07, 6.45) is 1.49. The van der Waals surface area contributed by atoms with Crippen molar-refractivity contribution < 1.29 is 10.0 Å². The molecule has 0 spiro atoms. The number of carbonyl (C=O) groups is 1. The lowest BCUT2D eigenvalue weighted by molar-refractivity contribution is 0.0706. The van der Waals surface area contributed by atoms with Crippen LogP contribution in [-0.4, -0.2) is 16.1 Å². The Balaban J connectivity index is 3.05. The van der Waals surface area contributed by atoms with E-state index in [1.54, 1.807) is 18.5 Å². The van der Waals surface area contributed by atoms with Crippen molar-refractivity contribution in [2.75, 3.05) is 0 Å². The smallest absolute Gasteiger partial charge is 0.274 e. The summed E-state index contributed by atoms with van der Waals surface area (Å²) in [4.78, 5) is 15.0. The fraction of sp³-hybridized carbons (Fsp3) is 0.111. The normalized spacial score (nSPS) is 9.38. The maximum Gasteiger partial charge on any atom is 0.274 e. The van der Waals surface area contributed by atoms with Gasteiger partial charge in [0.15, 0.2) is 0 Å². The minimum absolute atomic E-state index is 0.357. The highest BCUT2D eigenvalue weighted by atomic mass is 16.5. The summed E-state index contributed by atoms with van der Waals surface area (Å²) >= 11 is 0. The van der Waals surface area contributed by atoms with Crippen molar-refractivity contribution in [1.29, 1.82) is 0 Å². The van der Waals surface area contributed by atoms with Gasteiger partial charge in [0.05, 0.1) is 5.69 Å². The average Bonchev–Trinajstić information content (AvgIpc) is 2.17. The van der Waals surface area contributed by atoms with E-state index in [0.29, 0.717) is 11.3 Å². The molecular weight excluding hydrogens is 168 g/mol. The summed E-state index contributed by atoms with van der Waals surface area (Å²) < 4.78 is 0. The van der Waals surface area contributed by atoms with E-state index in [-0.39, 0.29) is 0 Å². The highest BCUT2D eigenvalue weighted by Gasteiger charge is 2.04. The van der Waals surface area contributed by atoms with E-state index >= 15 is 0 Å². The van der Waals surface area contributed by atoms with Gasteiger partial charge < -0.3 is 0 Å². The zero-order chi connectivity index (χ0) is 9.84. The molecule has 0 fully saturated rings. The standard InChI is InChI=1S/C9H10N2O2/c1-6(2)8-5-7(3-4-10-8)9(12)11-13/h3-5,13H,1H2,2H3,(H,11,12). The number of nitrogens with one attached hydrogen (secondary N) is 1. The summed E-state index contributed by atoms with van der Waals surface area (Å²) in [5.74, 6) is -0.551. The van der Waals surface area contributed by atoms with Gasteiger partial charge in [0.25, 0.3) is 5.91 Å². The molecule has 0 saturated heterocycles. The minimum atomic E-state index is -0.551. The number of allylic oxidation sites excluding steroid dienone is 1. The zero-order valence-corrected chi connectivity index (χ0v) is 7.24. The van der Waals surface area contributed by atoms with Gasteiger partial charge in [-0.3, -0.25) is 15.0 Å². The molecular formula is C9H10N2O2. The van der Waals surface area contributed by atoms with Crippen LogP contribution in [0.5, 0.6) is 0 Å². The Bertz CT molecular complexity index is 347. The molecule has 1 heterocycles. The summed E-state index contributed by atoms with van der Waals surface area (Å²) in [5, 5.41) is 8.38. The van der Waals surface area contributed by atoms with Crippen LogP contribution in [-0.2, 0) is 0 Å². The number of amides is 1. The van der Waals surface area contributed by atoms with Crippen LogP contribution < -0.4 is 5.48 Å². The second-order valence-electron chi connectivity index (χ2n) is 2.65. The fourth-order valence-electron chi connectivity index (χ4n) is 0.870. The van der Waals surface area contributed by atoms with Crippen LogP contribution in [0.2, 0.25) is 0 Å². The molecule has 0 aliphatic carbocycles. The van der Waals surface area contributed by atoms with Crippen LogP contribution in [0.4, 0.5) is 0 Å². The molecule has 1 rings (SSSR count). The number of hydrogen-bond donors (Lipinski definition) is 2. The SMILES string of the molecule is C=C(C)c1cc(C(=O)NO)ccn1. The van der Waals surface area contributed by atoms with Crippen LogP contribution in [0.3, 0.4) is 0 Å². The first-order valence-electron chi connectivity index (χ1n) is 3.71. The van der Waals surface area contributed by atoms with Crippen LogP contribution in [0.1, 0.15) is 23.0 Å². The van der Waals surface area contributed by atoms with E-state index < -0.39 is 5.91 Å². The predicted molar refractivity (Wildman–Crippen MR) is 48.2 cm³/mol. The first-order valence-corrected chi connectivity index (χ1v) is 3.71. The number of rotatable bonds is 2. The Morgan fingerprint density at radius 2 is 2.38 bits per heavy atom. The van der Waals surface area contributed by atoms with E-state index in [1.165, 1.54) is 12.3 Å². The van der Waals surface area contributed by atoms with Gasteiger partial charge in [0.1, 0.15) is 0 Å². The fourth-order valence-corrected chi connectivity index (χ4v) is 0.870. The van der Waals surface area contributed by atoms with Gasteiger partial charge in [-0.05, 0) is 24.6 Å². The molecule has 1 aromatic heterocycles. The van der Waals surface area contributed by atoms with Crippen LogP contribution in [0.15, 0.2) is 24.9 Å². The number of aromatic nitrogens is 1. The second-order valence-corrected chi connectivity index (χ2v) is 2.65. The largest absolute Gasteiger partial charge is 0.288 e. The lowest BCUT2D eigenvalue weighted by atomic mass is 10.1. The number of nitrogens with zero attached hydrogens (tertiary/aromatic N) is 1. The molecule has 1 aromatic rings. The molecule has 0 saturated carbocycles. The van der Waals surface area contributed by atoms with Crippen molar-refractivity contribution >= 4 is 11.5 Å². The first-order chi connectivity index (χ1) is 6.15. The van der Waals surface area contributed by atoms with Gasteiger partial charge >= 0.3 is 0 Å². The summed E-state index contributed by atoms with van der Waals surface area (Å²) in [7, 11) is 0. The quantitative estimate of drug-likeness (QED) is 0.529. The van der Waals surface area contributed by atoms with Crippen LogP contribution >= 0.6 is 0 Å². The molecule has 4 nitrogen and oxygen atoms in total. The van der Waals surface area contributed by atoms with Crippen LogP contribution in [0, 0.1) is 0 Å². The Labute approximate surface area is 75.9 Å². The summed E-state index contributed by atoms with van der Waals surface area (Å²) in [6, 6.07) is 3.08. The lowest BCUT2D eigenvalue weighted by Crippen LogP contribution is -2.18. The third-order valence-corrected chi connectivity index (χ3v) is 1.56. The molecule has 13 heavy (non-hydrogen) atoms. The zero-order valence-electron chi connectivity index (χ0n) is 7.24. The second kappa shape index (κ2) is 3.82. The molecule has 1 amide bonds. The molecule has 0 radical (unpaired) electrons. The lowest BCUT2D eigenvalue weighted by Gasteiger charge is -2.01. The monoisotopic (exact) mass is 178 g/mol. The Hall–Kier alpha value is -1.68. The maximum atomic E-state index is 11.0. The van der Waals surface area contributed by atoms with Gasteiger partial charge in [0.2, 0.25) is 0 Å². The molecule has 0 aliphatic heterocycles. The number of hydroxylamine groups is 1.